The molecule has 0 spiro atoms. The van der Waals surface area contributed by atoms with Gasteiger partial charge in [0.05, 0.1) is 16.9 Å². The van der Waals surface area contributed by atoms with Crippen molar-refractivity contribution in [2.75, 3.05) is 4.72 Å². The van der Waals surface area contributed by atoms with E-state index in [2.05, 4.69) is 9.82 Å². The summed E-state index contributed by atoms with van der Waals surface area (Å²) in [5.41, 5.74) is 0.285. The number of carbonyl (C=O) groups is 1. The minimum absolute atomic E-state index is 0.192. The maximum atomic E-state index is 13.7. The van der Waals surface area contributed by atoms with Crippen molar-refractivity contribution in [2.45, 2.75) is 11.8 Å². The third-order valence-corrected chi connectivity index (χ3v) is 4.11. The van der Waals surface area contributed by atoms with Crippen molar-refractivity contribution in [3.8, 4) is 0 Å². The van der Waals surface area contributed by atoms with Gasteiger partial charge >= 0.3 is 5.97 Å². The van der Waals surface area contributed by atoms with Crippen molar-refractivity contribution >= 4 is 21.7 Å². The molecule has 1 aromatic carbocycles. The smallest absolute Gasteiger partial charge is 0.335 e. The first-order chi connectivity index (χ1) is 9.70. The first-order valence-corrected chi connectivity index (χ1v) is 7.25. The summed E-state index contributed by atoms with van der Waals surface area (Å²) in [7, 11) is -2.64. The summed E-state index contributed by atoms with van der Waals surface area (Å²) >= 11 is 0. The molecule has 21 heavy (non-hydrogen) atoms. The van der Waals surface area contributed by atoms with Crippen LogP contribution in [0.2, 0.25) is 0 Å². The van der Waals surface area contributed by atoms with E-state index < -0.39 is 26.7 Å². The van der Waals surface area contributed by atoms with E-state index in [4.69, 9.17) is 5.11 Å². The van der Waals surface area contributed by atoms with E-state index in [1.165, 1.54) is 10.9 Å². The van der Waals surface area contributed by atoms with Crippen LogP contribution in [-0.4, -0.2) is 29.3 Å². The van der Waals surface area contributed by atoms with E-state index in [9.17, 15) is 17.6 Å². The molecule has 7 nitrogen and oxygen atoms in total. The molecule has 0 saturated heterocycles. The standard InChI is InChI=1S/C12H12FN3O4S/c1-7-10(6-16(2)14-7)15-21(19,20)11-5-8(12(17)18)3-4-9(11)13/h3-6,15H,1-2H3,(H,17,18). The minimum atomic E-state index is -4.25. The van der Waals surface area contributed by atoms with Crippen molar-refractivity contribution in [1.29, 1.82) is 0 Å². The second kappa shape index (κ2) is 5.17. The zero-order valence-electron chi connectivity index (χ0n) is 11.2. The predicted octanol–water partition coefficient (Wildman–Crippen LogP) is 1.37. The molecule has 0 unspecified atom stereocenters. The van der Waals surface area contributed by atoms with Crippen LogP contribution in [0.4, 0.5) is 10.1 Å². The maximum Gasteiger partial charge on any atom is 0.335 e. The van der Waals surface area contributed by atoms with E-state index in [0.717, 1.165) is 18.2 Å². The number of carboxylic acid groups (broad SMARTS) is 1. The molecule has 1 aromatic heterocycles. The minimum Gasteiger partial charge on any atom is -0.478 e. The van der Waals surface area contributed by atoms with Gasteiger partial charge in [-0.25, -0.2) is 17.6 Å². The van der Waals surface area contributed by atoms with Gasteiger partial charge in [0, 0.05) is 13.2 Å². The van der Waals surface area contributed by atoms with Crippen LogP contribution in [0, 0.1) is 12.7 Å². The highest BCUT2D eigenvalue weighted by Crippen LogP contribution is 2.21. The lowest BCUT2D eigenvalue weighted by Gasteiger charge is -2.08. The molecule has 0 aliphatic rings. The van der Waals surface area contributed by atoms with Crippen LogP contribution >= 0.6 is 0 Å². The Balaban J connectivity index is 2.46. The molecule has 0 fully saturated rings. The van der Waals surface area contributed by atoms with Crippen molar-refractivity contribution < 1.29 is 22.7 Å². The lowest BCUT2D eigenvalue weighted by molar-refractivity contribution is 0.0696. The van der Waals surface area contributed by atoms with Gasteiger partial charge in [0.2, 0.25) is 0 Å². The Hall–Kier alpha value is -2.42. The number of halogens is 1. The Kier molecular flexibility index (Phi) is 3.69. The van der Waals surface area contributed by atoms with Crippen LogP contribution in [-0.2, 0) is 17.1 Å². The number of hydrogen-bond acceptors (Lipinski definition) is 4. The number of sulfonamides is 1. The van der Waals surface area contributed by atoms with Gasteiger partial charge in [0.15, 0.2) is 0 Å². The molecule has 0 saturated carbocycles. The van der Waals surface area contributed by atoms with E-state index in [0.29, 0.717) is 5.69 Å². The molecule has 0 atom stereocenters. The largest absolute Gasteiger partial charge is 0.478 e. The van der Waals surface area contributed by atoms with E-state index in [1.807, 2.05) is 0 Å². The number of anilines is 1. The van der Waals surface area contributed by atoms with Crippen molar-refractivity contribution in [2.24, 2.45) is 7.05 Å². The van der Waals surface area contributed by atoms with Crippen LogP contribution in [0.15, 0.2) is 29.3 Å². The molecule has 2 N–H and O–H groups in total. The van der Waals surface area contributed by atoms with Gasteiger partial charge in [-0.1, -0.05) is 0 Å². The Labute approximate surface area is 120 Å². The first kappa shape index (κ1) is 15.0. The van der Waals surface area contributed by atoms with E-state index in [-0.39, 0.29) is 11.3 Å². The molecular formula is C12H12FN3O4S. The van der Waals surface area contributed by atoms with E-state index in [1.54, 1.807) is 14.0 Å². The number of nitrogens with zero attached hydrogens (tertiary/aromatic N) is 2. The SMILES string of the molecule is Cc1nn(C)cc1NS(=O)(=O)c1cc(C(=O)O)ccc1F. The quantitative estimate of drug-likeness (QED) is 0.887. The van der Waals surface area contributed by atoms with Gasteiger partial charge in [-0.2, -0.15) is 5.10 Å². The first-order valence-electron chi connectivity index (χ1n) is 5.76. The summed E-state index contributed by atoms with van der Waals surface area (Å²) < 4.78 is 41.6. The van der Waals surface area contributed by atoms with Crippen molar-refractivity contribution in [3.05, 3.63) is 41.5 Å². The van der Waals surface area contributed by atoms with Gasteiger partial charge in [-0.3, -0.25) is 9.40 Å². The molecule has 0 bridgehead atoms. The summed E-state index contributed by atoms with van der Waals surface area (Å²) in [5, 5.41) is 12.8. The Morgan fingerprint density at radius 3 is 2.62 bits per heavy atom. The molecule has 2 aromatic rings. The summed E-state index contributed by atoms with van der Waals surface area (Å²) in [4.78, 5) is 10.1. The monoisotopic (exact) mass is 313 g/mol. The highest BCUT2D eigenvalue weighted by atomic mass is 32.2. The third kappa shape index (κ3) is 3.02. The second-order valence-corrected chi connectivity index (χ2v) is 6.01. The third-order valence-electron chi connectivity index (χ3n) is 2.73. The van der Waals surface area contributed by atoms with Gasteiger partial charge in [0.1, 0.15) is 10.7 Å². The van der Waals surface area contributed by atoms with Gasteiger partial charge < -0.3 is 5.11 Å². The van der Waals surface area contributed by atoms with Crippen LogP contribution in [0.25, 0.3) is 0 Å². The number of benzene rings is 1. The van der Waals surface area contributed by atoms with Crippen LogP contribution in [0.1, 0.15) is 16.1 Å². The summed E-state index contributed by atoms with van der Waals surface area (Å²) in [6.45, 7) is 1.59. The number of aryl methyl sites for hydroxylation is 2. The summed E-state index contributed by atoms with van der Waals surface area (Å²) in [6, 6.07) is 2.56. The molecule has 9 heteroatoms. The average molecular weight is 313 g/mol. The molecule has 0 aliphatic carbocycles. The van der Waals surface area contributed by atoms with E-state index >= 15 is 0 Å². The summed E-state index contributed by atoms with van der Waals surface area (Å²) in [5.74, 6) is -2.38. The zero-order chi connectivity index (χ0) is 15.8. The van der Waals surface area contributed by atoms with Gasteiger partial charge in [0.25, 0.3) is 10.0 Å². The second-order valence-electron chi connectivity index (χ2n) is 4.36. The van der Waals surface area contributed by atoms with Crippen molar-refractivity contribution in [3.63, 3.8) is 0 Å². The topological polar surface area (TPSA) is 101 Å². The molecular weight excluding hydrogens is 301 g/mol. The Morgan fingerprint density at radius 1 is 1.43 bits per heavy atom. The lowest BCUT2D eigenvalue weighted by atomic mass is 10.2. The highest BCUT2D eigenvalue weighted by molar-refractivity contribution is 7.92. The maximum absolute atomic E-state index is 13.7. The molecule has 2 rings (SSSR count). The fourth-order valence-electron chi connectivity index (χ4n) is 1.74. The van der Waals surface area contributed by atoms with Crippen LogP contribution in [0.5, 0.6) is 0 Å². The zero-order valence-corrected chi connectivity index (χ0v) is 12.0. The molecule has 112 valence electrons. The molecule has 0 aliphatic heterocycles. The average Bonchev–Trinajstić information content (AvgIpc) is 2.67. The number of carboxylic acids is 1. The molecule has 0 radical (unpaired) electrons. The Morgan fingerprint density at radius 2 is 2.10 bits per heavy atom. The number of aromatic carboxylic acids is 1. The number of rotatable bonds is 4. The predicted molar refractivity (Wildman–Crippen MR) is 72.1 cm³/mol. The molecule has 1 heterocycles. The van der Waals surface area contributed by atoms with Gasteiger partial charge in [-0.15, -0.1) is 0 Å². The van der Waals surface area contributed by atoms with Gasteiger partial charge in [-0.05, 0) is 25.1 Å². The number of aromatic nitrogens is 2. The fraction of sp³-hybridized carbons (Fsp3) is 0.167. The number of hydrogen-bond donors (Lipinski definition) is 2. The molecule has 0 amide bonds. The Bertz CT molecular complexity index is 814. The van der Waals surface area contributed by atoms with Crippen molar-refractivity contribution in [1.82, 2.24) is 9.78 Å². The number of nitrogens with one attached hydrogen (secondary N) is 1. The fourth-order valence-corrected chi connectivity index (χ4v) is 2.95. The summed E-state index contributed by atoms with van der Waals surface area (Å²) in [6.07, 6.45) is 1.42. The van der Waals surface area contributed by atoms with Crippen LogP contribution < -0.4 is 4.72 Å². The lowest BCUT2D eigenvalue weighted by Crippen LogP contribution is -2.15. The normalized spacial score (nSPS) is 11.4. The highest BCUT2D eigenvalue weighted by Gasteiger charge is 2.22. The van der Waals surface area contributed by atoms with Crippen LogP contribution in [0.3, 0.4) is 0 Å².